The smallest absolute Gasteiger partial charge is 0.131 e. The molecular weight excluding hydrogens is 901 g/mol. The Balaban J connectivity index is 0.930. The van der Waals surface area contributed by atoms with Crippen LogP contribution in [0.5, 0.6) is 34.5 Å². The number of aryl methyl sites for hydroxylation is 6. The number of hydrogen-bond donors (Lipinski definition) is 0. The highest BCUT2D eigenvalue weighted by Gasteiger charge is 2.53. The van der Waals surface area contributed by atoms with Crippen LogP contribution >= 0.6 is 0 Å². The van der Waals surface area contributed by atoms with E-state index in [-0.39, 0.29) is 72.7 Å². The molecule has 4 aliphatic rings. The first-order valence-electron chi connectivity index (χ1n) is 26.3. The molecule has 3 heterocycles. The molecule has 3 unspecified atom stereocenters. The van der Waals surface area contributed by atoms with Crippen molar-refractivity contribution in [2.24, 2.45) is 17.8 Å². The predicted octanol–water partition coefficient (Wildman–Crippen LogP) is 12.9. The third-order valence-electron chi connectivity index (χ3n) is 15.4. The summed E-state index contributed by atoms with van der Waals surface area (Å²) in [7, 11) is 0. The molecule has 0 spiro atoms. The molecule has 12 atom stereocenters. The van der Waals surface area contributed by atoms with Crippen LogP contribution in [-0.2, 0) is 14.2 Å². The largest absolute Gasteiger partial charge is 0.491 e. The van der Waals surface area contributed by atoms with Gasteiger partial charge in [-0.15, -0.1) is 0 Å². The van der Waals surface area contributed by atoms with E-state index in [1.807, 2.05) is 36.4 Å². The zero-order chi connectivity index (χ0) is 49.6. The van der Waals surface area contributed by atoms with Gasteiger partial charge in [-0.3, -0.25) is 0 Å². The summed E-state index contributed by atoms with van der Waals surface area (Å²) >= 11 is 0. The van der Waals surface area contributed by atoms with E-state index in [1.165, 1.54) is 33.4 Å². The average Bonchev–Trinajstić information content (AvgIpc) is 4.12. The molecule has 0 amide bonds. The van der Waals surface area contributed by atoms with E-state index in [1.54, 1.807) is 0 Å². The second-order valence-corrected chi connectivity index (χ2v) is 21.0. The maximum absolute atomic E-state index is 7.31. The van der Waals surface area contributed by atoms with E-state index in [0.717, 1.165) is 73.0 Å². The van der Waals surface area contributed by atoms with Crippen LogP contribution in [-0.4, -0.2) is 74.8 Å². The first-order valence-corrected chi connectivity index (χ1v) is 26.3. The second-order valence-electron chi connectivity index (χ2n) is 21.0. The van der Waals surface area contributed by atoms with Gasteiger partial charge in [0.25, 0.3) is 0 Å². The van der Waals surface area contributed by atoms with Gasteiger partial charge in [0.05, 0.1) is 18.3 Å². The van der Waals surface area contributed by atoms with E-state index in [4.69, 9.17) is 42.6 Å². The number of ether oxygens (including phenoxy) is 9. The van der Waals surface area contributed by atoms with Crippen LogP contribution in [0.25, 0.3) is 0 Å². The Bertz CT molecular complexity index is 2620. The molecule has 1 aliphatic carbocycles. The van der Waals surface area contributed by atoms with Crippen molar-refractivity contribution >= 4 is 0 Å². The summed E-state index contributed by atoms with van der Waals surface area (Å²) in [5, 5.41) is 0. The fraction of sp³-hybridized carbons (Fsp3) is 0.429. The maximum Gasteiger partial charge on any atom is 0.131 e. The summed E-state index contributed by atoms with van der Waals surface area (Å²) in [6.45, 7) is 13.7. The average molecular weight is 973 g/mol. The fourth-order valence-corrected chi connectivity index (χ4v) is 11.2. The number of hydrogen-bond acceptors (Lipinski definition) is 9. The Hall–Kier alpha value is -6.00. The highest BCUT2D eigenvalue weighted by molar-refractivity contribution is 5.31. The van der Waals surface area contributed by atoms with Crippen molar-refractivity contribution in [3.63, 3.8) is 0 Å². The van der Waals surface area contributed by atoms with Crippen molar-refractivity contribution in [3.05, 3.63) is 179 Å². The van der Waals surface area contributed by atoms with Gasteiger partial charge in [0.15, 0.2) is 0 Å². The van der Waals surface area contributed by atoms with Crippen molar-refractivity contribution in [1.82, 2.24) is 0 Å². The van der Waals surface area contributed by atoms with Gasteiger partial charge in [-0.05, 0) is 151 Å². The van der Waals surface area contributed by atoms with E-state index in [9.17, 15) is 0 Å². The maximum atomic E-state index is 7.31. The van der Waals surface area contributed by atoms with Crippen molar-refractivity contribution in [1.29, 1.82) is 0 Å². The summed E-state index contributed by atoms with van der Waals surface area (Å²) < 4.78 is 61.6. The first kappa shape index (κ1) is 49.6. The molecule has 6 aromatic rings. The van der Waals surface area contributed by atoms with E-state index in [2.05, 4.69) is 151 Å². The third-order valence-corrected chi connectivity index (χ3v) is 15.4. The van der Waals surface area contributed by atoms with Crippen LogP contribution < -0.4 is 28.4 Å². The number of rotatable bonds is 18. The zero-order valence-corrected chi connectivity index (χ0v) is 42.8. The summed E-state index contributed by atoms with van der Waals surface area (Å²) in [5.74, 6) is 5.54. The van der Waals surface area contributed by atoms with Gasteiger partial charge in [-0.1, -0.05) is 106 Å². The SMILES string of the molecule is Cc1ccc(OC[C@H]2O[C@@H](C3CCC([C@H]4C[C@H](Oc5ccc(C)cc5)[C@@H](COc5ccc(C)cc5)O4)C([C@H]4C[C@H](Oc5ccc(C)cc5)[C@@H](COc5ccc(C)cc5)O4)C3)C[C@@H]2Oc2ccc(C)cc2)cc1. The molecule has 0 bridgehead atoms. The van der Waals surface area contributed by atoms with Gasteiger partial charge >= 0.3 is 0 Å². The number of benzene rings is 6. The summed E-state index contributed by atoms with van der Waals surface area (Å²) in [6, 6.07) is 49.6. The summed E-state index contributed by atoms with van der Waals surface area (Å²) in [5.41, 5.74) is 7.14. The van der Waals surface area contributed by atoms with Crippen LogP contribution in [0.4, 0.5) is 0 Å². The molecule has 0 aromatic heterocycles. The van der Waals surface area contributed by atoms with Gasteiger partial charge in [0, 0.05) is 19.3 Å². The van der Waals surface area contributed by atoms with Crippen LogP contribution in [0.3, 0.4) is 0 Å². The highest BCUT2D eigenvalue weighted by atomic mass is 16.6. The van der Waals surface area contributed by atoms with E-state index in [0.29, 0.717) is 19.8 Å². The molecule has 378 valence electrons. The Labute approximate surface area is 427 Å². The molecule has 9 nitrogen and oxygen atoms in total. The normalized spacial score (nSPS) is 28.1. The Morgan fingerprint density at radius 1 is 0.319 bits per heavy atom. The lowest BCUT2D eigenvalue weighted by molar-refractivity contribution is -0.104. The Morgan fingerprint density at radius 3 is 0.931 bits per heavy atom. The minimum Gasteiger partial charge on any atom is -0.491 e. The summed E-state index contributed by atoms with van der Waals surface area (Å²) in [4.78, 5) is 0. The van der Waals surface area contributed by atoms with Crippen molar-refractivity contribution in [2.45, 2.75) is 135 Å². The van der Waals surface area contributed by atoms with Gasteiger partial charge in [-0.2, -0.15) is 0 Å². The predicted molar refractivity (Wildman–Crippen MR) is 281 cm³/mol. The van der Waals surface area contributed by atoms with Crippen molar-refractivity contribution in [3.8, 4) is 34.5 Å². The lowest BCUT2D eigenvalue weighted by atomic mass is 9.67. The molecule has 6 aromatic carbocycles. The monoisotopic (exact) mass is 973 g/mol. The van der Waals surface area contributed by atoms with Crippen molar-refractivity contribution < 1.29 is 42.6 Å². The molecule has 10 rings (SSSR count). The second kappa shape index (κ2) is 22.8. The molecule has 9 heteroatoms. The van der Waals surface area contributed by atoms with Crippen LogP contribution in [0.2, 0.25) is 0 Å². The topological polar surface area (TPSA) is 83.1 Å². The van der Waals surface area contributed by atoms with E-state index >= 15 is 0 Å². The first-order chi connectivity index (χ1) is 35.0. The lowest BCUT2D eigenvalue weighted by Crippen LogP contribution is -2.43. The molecular formula is C63H72O9. The van der Waals surface area contributed by atoms with E-state index < -0.39 is 0 Å². The van der Waals surface area contributed by atoms with Gasteiger partial charge in [-0.25, -0.2) is 0 Å². The molecule has 4 fully saturated rings. The molecule has 1 saturated carbocycles. The van der Waals surface area contributed by atoms with Crippen LogP contribution in [0.1, 0.15) is 71.9 Å². The standard InChI is InChI=1S/C63H72O9/c1-40-7-20-47(21-8-40)64-37-61-58(67-50-26-13-43(4)14-27-50)34-55(70-61)46-19-32-53(56-35-59(68-51-28-15-44(5)16-29-51)62(71-56)38-65-48-22-9-41(2)10-23-48)54(33-46)57-36-60(69-52-30-17-45(6)18-31-52)63(72-57)39-66-49-24-11-42(3)12-25-49/h7-18,20-31,46,53-63H,19,32-39H2,1-6H3/t46?,53?,54?,55-,56-,57-,58+,59+,60+,61-,62-,63-/m1/s1. The van der Waals surface area contributed by atoms with Crippen LogP contribution in [0.15, 0.2) is 146 Å². The Morgan fingerprint density at radius 2 is 0.597 bits per heavy atom. The van der Waals surface area contributed by atoms with Crippen LogP contribution in [0, 0.1) is 59.3 Å². The Kier molecular flexibility index (Phi) is 15.7. The fourth-order valence-electron chi connectivity index (χ4n) is 11.2. The minimum atomic E-state index is -0.297. The minimum absolute atomic E-state index is 0.0324. The van der Waals surface area contributed by atoms with Gasteiger partial charge < -0.3 is 42.6 Å². The highest BCUT2D eigenvalue weighted by Crippen LogP contribution is 2.49. The molecule has 3 saturated heterocycles. The van der Waals surface area contributed by atoms with Crippen molar-refractivity contribution in [2.75, 3.05) is 19.8 Å². The molecule has 72 heavy (non-hydrogen) atoms. The van der Waals surface area contributed by atoms with Gasteiger partial charge in [0.1, 0.15) is 90.9 Å². The quantitative estimate of drug-likeness (QED) is 0.0836. The molecule has 0 radical (unpaired) electrons. The molecule has 0 N–H and O–H groups in total. The van der Waals surface area contributed by atoms with Gasteiger partial charge in [0.2, 0.25) is 0 Å². The third kappa shape index (κ3) is 12.6. The zero-order valence-electron chi connectivity index (χ0n) is 42.8. The summed E-state index contributed by atoms with van der Waals surface area (Å²) in [6.07, 6.45) is 3.40. The lowest BCUT2D eigenvalue weighted by Gasteiger charge is -2.43. The molecule has 3 aliphatic heterocycles.